The molecule has 0 radical (unpaired) electrons. The maximum Gasteiger partial charge on any atom is 0.303 e. The molecule has 1 rings (SSSR count). The lowest BCUT2D eigenvalue weighted by molar-refractivity contribution is -0.137. The molecule has 1 aromatic heterocycles. The molecule has 30 heavy (non-hydrogen) atoms. The molecule has 1 aromatic rings. The van der Waals surface area contributed by atoms with Gasteiger partial charge in [0.1, 0.15) is 0 Å². The first-order valence-electron chi connectivity index (χ1n) is 12.8. The van der Waals surface area contributed by atoms with E-state index in [0.717, 1.165) is 25.3 Å². The Morgan fingerprint density at radius 3 is 1.83 bits per heavy atom. The van der Waals surface area contributed by atoms with Crippen molar-refractivity contribution in [3.05, 3.63) is 18.7 Å². The van der Waals surface area contributed by atoms with Crippen molar-refractivity contribution in [2.45, 2.75) is 136 Å². The summed E-state index contributed by atoms with van der Waals surface area (Å²) in [5, 5.41) is 8.46. The predicted molar refractivity (Wildman–Crippen MR) is 129 cm³/mol. The third-order valence-electron chi connectivity index (χ3n) is 5.82. The van der Waals surface area contributed by atoms with Gasteiger partial charge in [-0.15, -0.1) is 0 Å². The maximum atomic E-state index is 10.3. The number of carbonyl (C=O) groups is 1. The van der Waals surface area contributed by atoms with Crippen LogP contribution >= 0.6 is 0 Å². The van der Waals surface area contributed by atoms with E-state index in [9.17, 15) is 4.79 Å². The third-order valence-corrected chi connectivity index (χ3v) is 5.82. The molecule has 0 aromatic carbocycles. The fraction of sp³-hybridized carbons (Fsp3) is 0.846. The average molecular weight is 423 g/mol. The van der Waals surface area contributed by atoms with Crippen molar-refractivity contribution in [1.82, 2.24) is 9.55 Å². The van der Waals surface area contributed by atoms with Crippen molar-refractivity contribution < 1.29 is 9.90 Å². The van der Waals surface area contributed by atoms with E-state index in [-0.39, 0.29) is 0 Å². The maximum absolute atomic E-state index is 10.3. The highest BCUT2D eigenvalue weighted by Gasteiger charge is 2.06. The van der Waals surface area contributed by atoms with Gasteiger partial charge in [0, 0.05) is 25.4 Å². The van der Waals surface area contributed by atoms with E-state index in [1.165, 1.54) is 89.9 Å². The Balaban J connectivity index is 0.000000564. The summed E-state index contributed by atoms with van der Waals surface area (Å²) in [6, 6.07) is 0. The summed E-state index contributed by atoms with van der Waals surface area (Å²) in [6.45, 7) is 7.93. The zero-order valence-electron chi connectivity index (χ0n) is 20.3. The molecular formula is C26H50N2O2. The van der Waals surface area contributed by atoms with E-state index in [1.807, 2.05) is 12.5 Å². The second-order valence-electron chi connectivity index (χ2n) is 8.71. The van der Waals surface area contributed by atoms with Gasteiger partial charge in [-0.1, -0.05) is 111 Å². The molecule has 0 fully saturated rings. The Hall–Kier alpha value is -1.32. The topological polar surface area (TPSA) is 55.1 Å². The highest BCUT2D eigenvalue weighted by Crippen LogP contribution is 2.15. The minimum absolute atomic E-state index is 0.344. The fourth-order valence-corrected chi connectivity index (χ4v) is 3.74. The van der Waals surface area contributed by atoms with Crippen molar-refractivity contribution >= 4 is 5.97 Å². The van der Waals surface area contributed by atoms with Crippen LogP contribution in [0.2, 0.25) is 0 Å². The van der Waals surface area contributed by atoms with Crippen LogP contribution in [-0.2, 0) is 11.3 Å². The highest BCUT2D eigenvalue weighted by atomic mass is 16.4. The number of nitrogens with zero attached hydrogens (tertiary/aromatic N) is 2. The quantitative estimate of drug-likeness (QED) is 0.228. The predicted octanol–water partition coefficient (Wildman–Crippen LogP) is 8.26. The zero-order valence-corrected chi connectivity index (χ0v) is 20.3. The largest absolute Gasteiger partial charge is 0.481 e. The number of hydrogen-bond acceptors (Lipinski definition) is 2. The molecule has 0 amide bonds. The van der Waals surface area contributed by atoms with Gasteiger partial charge >= 0.3 is 5.97 Å². The van der Waals surface area contributed by atoms with Gasteiger partial charge in [-0.05, 0) is 18.8 Å². The molecular weight excluding hydrogens is 372 g/mol. The summed E-state index contributed by atoms with van der Waals surface area (Å²) < 4.78 is 2.19. The minimum Gasteiger partial charge on any atom is -0.481 e. The molecule has 4 heteroatoms. The molecule has 1 N–H and O–H groups in total. The molecule has 0 aliphatic heterocycles. The SMILES string of the molecule is CCCCCC(CC)Cn1ccnc1.CCCCCCCCCCCCCC(=O)O. The van der Waals surface area contributed by atoms with Crippen molar-refractivity contribution in [3.63, 3.8) is 0 Å². The summed E-state index contributed by atoms with van der Waals surface area (Å²) in [6.07, 6.45) is 26.9. The van der Waals surface area contributed by atoms with Gasteiger partial charge in [0.2, 0.25) is 0 Å². The van der Waals surface area contributed by atoms with Crippen LogP contribution in [0.4, 0.5) is 0 Å². The summed E-state index contributed by atoms with van der Waals surface area (Å²) in [7, 11) is 0. The summed E-state index contributed by atoms with van der Waals surface area (Å²) in [4.78, 5) is 14.3. The van der Waals surface area contributed by atoms with Gasteiger partial charge in [0.25, 0.3) is 0 Å². The Morgan fingerprint density at radius 2 is 1.37 bits per heavy atom. The van der Waals surface area contributed by atoms with Gasteiger partial charge in [-0.2, -0.15) is 0 Å². The summed E-state index contributed by atoms with van der Waals surface area (Å²) in [5.41, 5.74) is 0. The van der Waals surface area contributed by atoms with Crippen molar-refractivity contribution in [2.24, 2.45) is 5.92 Å². The molecule has 1 unspecified atom stereocenters. The lowest BCUT2D eigenvalue weighted by Crippen LogP contribution is -2.08. The third kappa shape index (κ3) is 20.0. The van der Waals surface area contributed by atoms with Crippen LogP contribution in [0.3, 0.4) is 0 Å². The van der Waals surface area contributed by atoms with Crippen LogP contribution in [0.1, 0.15) is 130 Å². The molecule has 0 aliphatic carbocycles. The molecule has 1 atom stereocenters. The first kappa shape index (κ1) is 28.7. The Labute approximate surface area is 186 Å². The van der Waals surface area contributed by atoms with Crippen LogP contribution in [0.25, 0.3) is 0 Å². The van der Waals surface area contributed by atoms with Crippen LogP contribution in [-0.4, -0.2) is 20.6 Å². The molecule has 4 nitrogen and oxygen atoms in total. The normalized spacial score (nSPS) is 11.7. The Morgan fingerprint density at radius 1 is 0.833 bits per heavy atom. The summed E-state index contributed by atoms with van der Waals surface area (Å²) >= 11 is 0. The Bertz CT molecular complexity index is 460. The number of aliphatic carboxylic acids is 1. The van der Waals surface area contributed by atoms with Gasteiger partial charge in [-0.25, -0.2) is 4.98 Å². The molecule has 1 heterocycles. The van der Waals surface area contributed by atoms with Crippen molar-refractivity contribution in [3.8, 4) is 0 Å². The zero-order chi connectivity index (χ0) is 22.3. The number of carboxylic acids is 1. The van der Waals surface area contributed by atoms with Crippen LogP contribution < -0.4 is 0 Å². The molecule has 176 valence electrons. The molecule has 0 aliphatic rings. The number of imidazole rings is 1. The summed E-state index contributed by atoms with van der Waals surface area (Å²) in [5.74, 6) is 0.173. The average Bonchev–Trinajstić information content (AvgIpc) is 3.25. The molecule has 0 saturated heterocycles. The van der Waals surface area contributed by atoms with Crippen LogP contribution in [0.5, 0.6) is 0 Å². The molecule has 0 saturated carbocycles. The fourth-order valence-electron chi connectivity index (χ4n) is 3.74. The Kier molecular flexibility index (Phi) is 21.4. The van der Waals surface area contributed by atoms with Crippen LogP contribution in [0.15, 0.2) is 18.7 Å². The van der Waals surface area contributed by atoms with E-state index in [0.29, 0.717) is 6.42 Å². The van der Waals surface area contributed by atoms with Crippen molar-refractivity contribution in [2.75, 3.05) is 0 Å². The van der Waals surface area contributed by atoms with E-state index in [4.69, 9.17) is 5.11 Å². The number of unbranched alkanes of at least 4 members (excludes halogenated alkanes) is 12. The number of carboxylic acid groups (broad SMARTS) is 1. The van der Waals surface area contributed by atoms with E-state index in [2.05, 4.69) is 36.5 Å². The monoisotopic (exact) mass is 422 g/mol. The number of rotatable bonds is 19. The first-order chi connectivity index (χ1) is 14.6. The minimum atomic E-state index is -0.657. The van der Waals surface area contributed by atoms with Crippen LogP contribution in [0, 0.1) is 5.92 Å². The number of hydrogen-bond donors (Lipinski definition) is 1. The van der Waals surface area contributed by atoms with Crippen molar-refractivity contribution in [1.29, 1.82) is 0 Å². The smallest absolute Gasteiger partial charge is 0.303 e. The lowest BCUT2D eigenvalue weighted by Gasteiger charge is -2.14. The standard InChI is InChI=1S/C14H28O2.C12H22N2/c1-2-3-4-5-6-7-8-9-10-11-12-13-14(15)16;1-3-5-6-7-12(4-2)10-14-9-8-13-11-14/h2-13H2,1H3,(H,15,16);8-9,11-12H,3-7,10H2,1-2H3. The highest BCUT2D eigenvalue weighted by molar-refractivity contribution is 5.66. The van der Waals surface area contributed by atoms with Gasteiger partial charge in [0.05, 0.1) is 6.33 Å². The number of aromatic nitrogens is 2. The van der Waals surface area contributed by atoms with E-state index in [1.54, 1.807) is 0 Å². The molecule has 0 spiro atoms. The van der Waals surface area contributed by atoms with Gasteiger partial charge in [0.15, 0.2) is 0 Å². The van der Waals surface area contributed by atoms with Gasteiger partial charge < -0.3 is 9.67 Å². The van der Waals surface area contributed by atoms with E-state index < -0.39 is 5.97 Å². The second kappa shape index (κ2) is 22.4. The first-order valence-corrected chi connectivity index (χ1v) is 12.8. The molecule has 0 bridgehead atoms. The second-order valence-corrected chi connectivity index (χ2v) is 8.71. The lowest BCUT2D eigenvalue weighted by atomic mass is 9.98. The van der Waals surface area contributed by atoms with Gasteiger partial charge in [-0.3, -0.25) is 4.79 Å². The van der Waals surface area contributed by atoms with E-state index >= 15 is 0 Å².